The minimum absolute atomic E-state index is 0.0820. The number of thiazole rings is 1. The lowest BCUT2D eigenvalue weighted by molar-refractivity contribution is -0.139. The normalized spacial score (nSPS) is 14.6. The van der Waals surface area contributed by atoms with Crippen molar-refractivity contribution in [3.05, 3.63) is 116 Å². The van der Waals surface area contributed by atoms with Crippen LogP contribution in [0, 0.1) is 0 Å². The first-order chi connectivity index (χ1) is 22.4. The molecule has 1 aliphatic heterocycles. The molecular formula is C34H30BrCl3N2O6S. The third-order valence-corrected chi connectivity index (χ3v) is 9.66. The summed E-state index contributed by atoms with van der Waals surface area (Å²) in [7, 11) is 1.54. The third-order valence-electron chi connectivity index (χ3n) is 7.07. The summed E-state index contributed by atoms with van der Waals surface area (Å²) in [4.78, 5) is 32.5. The van der Waals surface area contributed by atoms with Crippen LogP contribution in [0.5, 0.6) is 17.2 Å². The number of carbonyl (C=O) groups is 1. The largest absolute Gasteiger partial charge is 0.493 e. The summed E-state index contributed by atoms with van der Waals surface area (Å²) >= 11 is 23.6. The Kier molecular flexibility index (Phi) is 11.1. The first-order valence-corrected chi connectivity index (χ1v) is 17.3. The predicted octanol–water partition coefficient (Wildman–Crippen LogP) is 7.90. The number of esters is 1. The van der Waals surface area contributed by atoms with Gasteiger partial charge in [0.2, 0.25) is 0 Å². The maximum Gasteiger partial charge on any atom is 0.338 e. The summed E-state index contributed by atoms with van der Waals surface area (Å²) in [5.74, 6) is 0.896. The topological polar surface area (TPSA) is 88.4 Å². The number of carbonyl (C=O) groups excluding carboxylic acids is 1. The molecule has 5 rings (SSSR count). The number of nitrogens with zero attached hydrogens (tertiary/aromatic N) is 2. The molecule has 47 heavy (non-hydrogen) atoms. The molecule has 0 radical (unpaired) electrons. The van der Waals surface area contributed by atoms with Crippen LogP contribution in [0.15, 0.2) is 74.1 Å². The molecule has 13 heteroatoms. The van der Waals surface area contributed by atoms with Gasteiger partial charge in [0.25, 0.3) is 5.56 Å². The van der Waals surface area contributed by atoms with Crippen LogP contribution in [0.2, 0.25) is 15.1 Å². The smallest absolute Gasteiger partial charge is 0.338 e. The van der Waals surface area contributed by atoms with E-state index in [-0.39, 0.29) is 30.5 Å². The van der Waals surface area contributed by atoms with E-state index in [9.17, 15) is 9.59 Å². The minimum atomic E-state index is -0.818. The molecule has 0 amide bonds. The maximum absolute atomic E-state index is 14.1. The van der Waals surface area contributed by atoms with Gasteiger partial charge >= 0.3 is 5.97 Å². The molecule has 0 N–H and O–H groups in total. The van der Waals surface area contributed by atoms with E-state index in [1.54, 1.807) is 56.3 Å². The summed E-state index contributed by atoms with van der Waals surface area (Å²) in [5, 5.41) is 1.22. The van der Waals surface area contributed by atoms with Gasteiger partial charge in [0, 0.05) is 0 Å². The highest BCUT2D eigenvalue weighted by Gasteiger charge is 2.34. The van der Waals surface area contributed by atoms with Crippen molar-refractivity contribution in [2.24, 2.45) is 4.99 Å². The van der Waals surface area contributed by atoms with Gasteiger partial charge in [0.05, 0.1) is 61.2 Å². The van der Waals surface area contributed by atoms with Crippen LogP contribution in [0.25, 0.3) is 6.08 Å². The van der Waals surface area contributed by atoms with E-state index in [0.717, 1.165) is 5.56 Å². The van der Waals surface area contributed by atoms with Gasteiger partial charge in [0.15, 0.2) is 22.0 Å². The van der Waals surface area contributed by atoms with E-state index >= 15 is 0 Å². The first kappa shape index (κ1) is 35.0. The van der Waals surface area contributed by atoms with Crippen LogP contribution < -0.4 is 29.1 Å². The standard InChI is InChI=1S/C34H30BrCl3N2O6S/c1-6-44-33(42)29-18(4)39-34-40(30(29)21-8-10-26(46-17(2)3)27(15-21)43-5)32(41)28(47-34)14-20-11-22(35)31(25(38)13-20)45-16-19-7-9-23(36)24(37)12-19/h7-15,17,30H,6,16H2,1-5H3/b28-14-/t30-/m1/s1. The van der Waals surface area contributed by atoms with Gasteiger partial charge in [0.1, 0.15) is 6.61 Å². The van der Waals surface area contributed by atoms with E-state index in [4.69, 9.17) is 53.8 Å². The lowest BCUT2D eigenvalue weighted by Gasteiger charge is -2.25. The summed E-state index contributed by atoms with van der Waals surface area (Å²) in [6, 6.07) is 13.3. The van der Waals surface area contributed by atoms with E-state index in [1.165, 1.54) is 23.0 Å². The Morgan fingerprint density at radius 3 is 2.49 bits per heavy atom. The number of hydrogen-bond acceptors (Lipinski definition) is 8. The molecule has 2 heterocycles. The Bertz CT molecular complexity index is 2050. The van der Waals surface area contributed by atoms with Gasteiger partial charge in [-0.05, 0) is 103 Å². The molecule has 246 valence electrons. The highest BCUT2D eigenvalue weighted by atomic mass is 79.9. The molecule has 4 aromatic rings. The summed E-state index contributed by atoms with van der Waals surface area (Å²) in [5.41, 5.74) is 2.50. The van der Waals surface area contributed by atoms with Crippen LogP contribution in [-0.4, -0.2) is 30.4 Å². The fourth-order valence-electron chi connectivity index (χ4n) is 5.05. The van der Waals surface area contributed by atoms with E-state index in [1.807, 2.05) is 26.0 Å². The molecule has 3 aromatic carbocycles. The Hall–Kier alpha value is -3.28. The van der Waals surface area contributed by atoms with Gasteiger partial charge < -0.3 is 18.9 Å². The average Bonchev–Trinajstić information content (AvgIpc) is 3.31. The SMILES string of the molecule is CCOC(=O)C1=C(C)N=c2s/c(=C\c3cc(Cl)c(OCc4ccc(Cl)c(Cl)c4)c(Br)c3)c(=O)n2[C@@H]1c1ccc(OC(C)C)c(OC)c1. The molecule has 0 saturated carbocycles. The number of fused-ring (bicyclic) bond motifs is 1. The molecule has 0 bridgehead atoms. The molecule has 1 atom stereocenters. The molecule has 0 fully saturated rings. The van der Waals surface area contributed by atoms with E-state index < -0.39 is 12.0 Å². The minimum Gasteiger partial charge on any atom is -0.493 e. The zero-order chi connectivity index (χ0) is 34.0. The second-order valence-corrected chi connectivity index (χ2v) is 13.8. The molecular weight excluding hydrogens is 751 g/mol. The van der Waals surface area contributed by atoms with Gasteiger partial charge in [-0.25, -0.2) is 9.79 Å². The van der Waals surface area contributed by atoms with E-state index in [0.29, 0.717) is 62.9 Å². The fraction of sp³-hybridized carbons (Fsp3) is 0.265. The van der Waals surface area contributed by atoms with Crippen molar-refractivity contribution in [3.8, 4) is 17.2 Å². The molecule has 0 unspecified atom stereocenters. The quantitative estimate of drug-likeness (QED) is 0.152. The second-order valence-electron chi connectivity index (χ2n) is 10.7. The van der Waals surface area contributed by atoms with Crippen LogP contribution in [0.4, 0.5) is 0 Å². The van der Waals surface area contributed by atoms with Crippen molar-refractivity contribution >= 4 is 74.1 Å². The van der Waals surface area contributed by atoms with Crippen LogP contribution in [0.1, 0.15) is 50.4 Å². The molecule has 0 aliphatic carbocycles. The molecule has 0 spiro atoms. The van der Waals surface area contributed by atoms with Crippen molar-refractivity contribution in [1.29, 1.82) is 0 Å². The monoisotopic (exact) mass is 778 g/mol. The van der Waals surface area contributed by atoms with Gasteiger partial charge in [-0.2, -0.15) is 0 Å². The summed E-state index contributed by atoms with van der Waals surface area (Å²) < 4.78 is 25.4. The summed E-state index contributed by atoms with van der Waals surface area (Å²) in [6.07, 6.45) is 1.64. The Labute approximate surface area is 298 Å². The van der Waals surface area contributed by atoms with Crippen LogP contribution in [0.3, 0.4) is 0 Å². The zero-order valence-electron chi connectivity index (χ0n) is 26.0. The zero-order valence-corrected chi connectivity index (χ0v) is 30.7. The predicted molar refractivity (Wildman–Crippen MR) is 189 cm³/mol. The highest BCUT2D eigenvalue weighted by molar-refractivity contribution is 9.10. The fourth-order valence-corrected chi connectivity index (χ4v) is 7.41. The Morgan fingerprint density at radius 1 is 1.06 bits per heavy atom. The van der Waals surface area contributed by atoms with Gasteiger partial charge in [-0.15, -0.1) is 0 Å². The van der Waals surface area contributed by atoms with Crippen molar-refractivity contribution in [3.63, 3.8) is 0 Å². The number of allylic oxidation sites excluding steroid dienone is 1. The average molecular weight is 781 g/mol. The molecule has 8 nitrogen and oxygen atoms in total. The molecule has 1 aliphatic rings. The van der Waals surface area contributed by atoms with Gasteiger partial charge in [-0.1, -0.05) is 58.3 Å². The number of methoxy groups -OCH3 is 1. The van der Waals surface area contributed by atoms with Crippen molar-refractivity contribution < 1.29 is 23.7 Å². The second kappa shape index (κ2) is 14.9. The van der Waals surface area contributed by atoms with Crippen molar-refractivity contribution in [1.82, 2.24) is 4.57 Å². The van der Waals surface area contributed by atoms with E-state index in [2.05, 4.69) is 20.9 Å². The highest BCUT2D eigenvalue weighted by Crippen LogP contribution is 2.38. The lowest BCUT2D eigenvalue weighted by atomic mass is 9.95. The van der Waals surface area contributed by atoms with Crippen LogP contribution in [-0.2, 0) is 16.1 Å². The van der Waals surface area contributed by atoms with Gasteiger partial charge in [-0.3, -0.25) is 9.36 Å². The van der Waals surface area contributed by atoms with Crippen LogP contribution >= 0.6 is 62.1 Å². The first-order valence-electron chi connectivity index (χ1n) is 14.5. The van der Waals surface area contributed by atoms with Crippen molar-refractivity contribution in [2.75, 3.05) is 13.7 Å². The Morgan fingerprint density at radius 2 is 1.83 bits per heavy atom. The number of hydrogen-bond donors (Lipinski definition) is 0. The summed E-state index contributed by atoms with van der Waals surface area (Å²) in [6.45, 7) is 7.68. The number of aromatic nitrogens is 1. The number of ether oxygens (including phenoxy) is 4. The maximum atomic E-state index is 14.1. The number of rotatable bonds is 10. The third kappa shape index (κ3) is 7.57. The van der Waals surface area contributed by atoms with Crippen molar-refractivity contribution in [2.45, 2.75) is 46.4 Å². The Balaban J connectivity index is 1.56. The number of halogens is 4. The molecule has 0 saturated heterocycles. The molecule has 1 aromatic heterocycles. The number of benzene rings is 3. The lowest BCUT2D eigenvalue weighted by Crippen LogP contribution is -2.40.